The van der Waals surface area contributed by atoms with Crippen LogP contribution in [0.1, 0.15) is 12.5 Å². The molecule has 0 unspecified atom stereocenters. The van der Waals surface area contributed by atoms with Crippen molar-refractivity contribution >= 4 is 24.2 Å². The highest BCUT2D eigenvalue weighted by molar-refractivity contribution is 7.99. The number of halogens is 1. The summed E-state index contributed by atoms with van der Waals surface area (Å²) in [6, 6.07) is 4.07. The Hall–Kier alpha value is -0.580. The van der Waals surface area contributed by atoms with Crippen LogP contribution in [-0.2, 0) is 6.42 Å². The van der Waals surface area contributed by atoms with Gasteiger partial charge in [0.2, 0.25) is 0 Å². The Balaban J connectivity index is 0.00000256. The Morgan fingerprint density at radius 3 is 2.06 bits per heavy atom. The molecule has 0 aliphatic heterocycles. The van der Waals surface area contributed by atoms with Crippen molar-refractivity contribution in [1.82, 2.24) is 0 Å². The normalized spacial score (nSPS) is 9.65. The molecule has 0 heterocycles. The summed E-state index contributed by atoms with van der Waals surface area (Å²) in [7, 11) is 3.36. The molecule has 1 aromatic carbocycles. The first kappa shape index (κ1) is 16.4. The number of benzene rings is 1. The molecule has 3 nitrogen and oxygen atoms in total. The highest BCUT2D eigenvalue weighted by Gasteiger charge is 2.12. The second kappa shape index (κ2) is 8.50. The highest BCUT2D eigenvalue weighted by atomic mass is 35.5. The maximum Gasteiger partial charge on any atom is 0.136 e. The molecule has 1 aromatic rings. The second-order valence-electron chi connectivity index (χ2n) is 3.30. The van der Waals surface area contributed by atoms with Crippen LogP contribution in [0.3, 0.4) is 0 Å². The van der Waals surface area contributed by atoms with E-state index in [-0.39, 0.29) is 12.4 Å². The molecule has 0 bridgehead atoms. The van der Waals surface area contributed by atoms with Gasteiger partial charge in [-0.15, -0.1) is 24.2 Å². The summed E-state index contributed by atoms with van der Waals surface area (Å²) in [4.78, 5) is 1.06. The van der Waals surface area contributed by atoms with E-state index in [1.54, 1.807) is 26.0 Å². The first-order chi connectivity index (χ1) is 7.76. The van der Waals surface area contributed by atoms with E-state index < -0.39 is 0 Å². The predicted octanol–water partition coefficient (Wildman–Crippen LogP) is 2.74. The minimum Gasteiger partial charge on any atom is -0.495 e. The smallest absolute Gasteiger partial charge is 0.136 e. The van der Waals surface area contributed by atoms with Crippen LogP contribution in [0, 0.1) is 0 Å². The minimum atomic E-state index is 0. The fourth-order valence-corrected chi connectivity index (χ4v) is 2.39. The van der Waals surface area contributed by atoms with Gasteiger partial charge in [0.1, 0.15) is 11.5 Å². The minimum absolute atomic E-state index is 0. The summed E-state index contributed by atoms with van der Waals surface area (Å²) in [5.41, 5.74) is 6.70. The zero-order chi connectivity index (χ0) is 12.0. The second-order valence-corrected chi connectivity index (χ2v) is 4.58. The van der Waals surface area contributed by atoms with E-state index >= 15 is 0 Å². The predicted molar refractivity (Wildman–Crippen MR) is 76.0 cm³/mol. The van der Waals surface area contributed by atoms with Crippen molar-refractivity contribution in [3.8, 4) is 11.5 Å². The van der Waals surface area contributed by atoms with Crippen LogP contribution in [0.2, 0.25) is 0 Å². The van der Waals surface area contributed by atoms with Crippen LogP contribution >= 0.6 is 24.2 Å². The summed E-state index contributed by atoms with van der Waals surface area (Å²) < 4.78 is 10.8. The molecule has 0 saturated carbocycles. The number of hydrogen-bond acceptors (Lipinski definition) is 4. The number of thioether (sulfide) groups is 1. The van der Waals surface area contributed by atoms with Crippen molar-refractivity contribution in [3.63, 3.8) is 0 Å². The molecule has 0 atom stereocenters. The third-order valence-electron chi connectivity index (χ3n) is 2.24. The van der Waals surface area contributed by atoms with Crippen LogP contribution in [-0.4, -0.2) is 26.5 Å². The van der Waals surface area contributed by atoms with Gasteiger partial charge in [-0.05, 0) is 36.4 Å². The third kappa shape index (κ3) is 4.30. The van der Waals surface area contributed by atoms with E-state index in [4.69, 9.17) is 15.2 Å². The third-order valence-corrected chi connectivity index (χ3v) is 3.22. The molecule has 0 radical (unpaired) electrons. The van der Waals surface area contributed by atoms with Gasteiger partial charge in [0.25, 0.3) is 0 Å². The molecule has 5 heteroatoms. The van der Waals surface area contributed by atoms with Crippen molar-refractivity contribution < 1.29 is 9.47 Å². The summed E-state index contributed by atoms with van der Waals surface area (Å²) in [6.45, 7) is 2.74. The summed E-state index contributed by atoms with van der Waals surface area (Å²) in [6.07, 6.45) is 0.837. The van der Waals surface area contributed by atoms with Crippen LogP contribution in [0.25, 0.3) is 0 Å². The summed E-state index contributed by atoms with van der Waals surface area (Å²) >= 11 is 1.72. The molecule has 0 aromatic heterocycles. The lowest BCUT2D eigenvalue weighted by Gasteiger charge is -2.14. The first-order valence-corrected chi connectivity index (χ1v) is 6.33. The SMILES string of the molecule is CCSc1c(OC)cc(CCN)cc1OC.Cl. The molecule has 0 spiro atoms. The van der Waals surface area contributed by atoms with E-state index in [1.165, 1.54) is 0 Å². The van der Waals surface area contributed by atoms with Crippen molar-refractivity contribution in [2.75, 3.05) is 26.5 Å². The zero-order valence-electron chi connectivity index (χ0n) is 10.5. The number of nitrogens with two attached hydrogens (primary N) is 1. The Bertz CT molecular complexity index is 322. The van der Waals surface area contributed by atoms with Crippen LogP contribution in [0.4, 0.5) is 0 Å². The molecule has 1 rings (SSSR count). The van der Waals surface area contributed by atoms with Crippen molar-refractivity contribution in [3.05, 3.63) is 17.7 Å². The number of rotatable bonds is 6. The van der Waals surface area contributed by atoms with E-state index in [0.717, 1.165) is 34.1 Å². The molecule has 17 heavy (non-hydrogen) atoms. The Morgan fingerprint density at radius 2 is 1.71 bits per heavy atom. The Labute approximate surface area is 113 Å². The topological polar surface area (TPSA) is 44.5 Å². The van der Waals surface area contributed by atoms with Gasteiger partial charge in [-0.2, -0.15) is 0 Å². The van der Waals surface area contributed by atoms with Crippen molar-refractivity contribution in [2.24, 2.45) is 5.73 Å². The fourth-order valence-electron chi connectivity index (χ4n) is 1.53. The molecule has 0 aliphatic carbocycles. The molecule has 0 saturated heterocycles. The Kier molecular flexibility index (Phi) is 8.21. The fraction of sp³-hybridized carbons (Fsp3) is 0.500. The molecular weight excluding hydrogens is 258 g/mol. The molecule has 2 N–H and O–H groups in total. The Morgan fingerprint density at radius 1 is 1.18 bits per heavy atom. The van der Waals surface area contributed by atoms with Gasteiger partial charge >= 0.3 is 0 Å². The van der Waals surface area contributed by atoms with Gasteiger partial charge < -0.3 is 15.2 Å². The lowest BCUT2D eigenvalue weighted by atomic mass is 10.1. The monoisotopic (exact) mass is 277 g/mol. The average Bonchev–Trinajstić information content (AvgIpc) is 2.31. The lowest BCUT2D eigenvalue weighted by molar-refractivity contribution is 0.375. The molecule has 0 aliphatic rings. The quantitative estimate of drug-likeness (QED) is 0.812. The van der Waals surface area contributed by atoms with Crippen LogP contribution in [0.5, 0.6) is 11.5 Å². The molecule has 0 fully saturated rings. The number of hydrogen-bond donors (Lipinski definition) is 1. The van der Waals surface area contributed by atoms with Crippen LogP contribution in [0.15, 0.2) is 17.0 Å². The standard InChI is InChI=1S/C12H19NO2S.ClH/c1-4-16-12-10(14-2)7-9(5-6-13)8-11(12)15-3;/h7-8H,4-6,13H2,1-3H3;1H. The van der Waals surface area contributed by atoms with Crippen LogP contribution < -0.4 is 15.2 Å². The van der Waals surface area contributed by atoms with E-state index in [0.29, 0.717) is 6.54 Å². The average molecular weight is 278 g/mol. The zero-order valence-corrected chi connectivity index (χ0v) is 12.1. The molecule has 0 amide bonds. The van der Waals surface area contributed by atoms with Crippen molar-refractivity contribution in [2.45, 2.75) is 18.2 Å². The van der Waals surface area contributed by atoms with E-state index in [2.05, 4.69) is 6.92 Å². The van der Waals surface area contributed by atoms with Gasteiger partial charge in [-0.25, -0.2) is 0 Å². The van der Waals surface area contributed by atoms with Gasteiger partial charge in [-0.1, -0.05) is 6.92 Å². The van der Waals surface area contributed by atoms with Crippen molar-refractivity contribution in [1.29, 1.82) is 0 Å². The van der Waals surface area contributed by atoms with E-state index in [9.17, 15) is 0 Å². The van der Waals surface area contributed by atoms with E-state index in [1.807, 2.05) is 12.1 Å². The molecular formula is C12H20ClNO2S. The van der Waals surface area contributed by atoms with Gasteiger partial charge in [-0.3, -0.25) is 0 Å². The maximum atomic E-state index is 5.55. The maximum absolute atomic E-state index is 5.55. The van der Waals surface area contributed by atoms with Gasteiger partial charge in [0.15, 0.2) is 0 Å². The van der Waals surface area contributed by atoms with Gasteiger partial charge in [0, 0.05) is 0 Å². The lowest BCUT2D eigenvalue weighted by Crippen LogP contribution is -2.04. The molecule has 98 valence electrons. The largest absolute Gasteiger partial charge is 0.495 e. The number of methoxy groups -OCH3 is 2. The first-order valence-electron chi connectivity index (χ1n) is 5.34. The van der Waals surface area contributed by atoms with Gasteiger partial charge in [0.05, 0.1) is 19.1 Å². The summed E-state index contributed by atoms with van der Waals surface area (Å²) in [5, 5.41) is 0. The summed E-state index contributed by atoms with van der Waals surface area (Å²) in [5.74, 6) is 2.73. The number of ether oxygens (including phenoxy) is 2. The highest BCUT2D eigenvalue weighted by Crippen LogP contribution is 2.38.